The molecule has 1 aromatic heterocycles. The molecule has 0 aromatic carbocycles. The van der Waals surface area contributed by atoms with Crippen molar-refractivity contribution in [1.82, 2.24) is 9.47 Å². The molecule has 1 fully saturated rings. The van der Waals surface area contributed by atoms with Crippen molar-refractivity contribution in [3.8, 4) is 0 Å². The van der Waals surface area contributed by atoms with Crippen molar-refractivity contribution < 1.29 is 19.1 Å². The van der Waals surface area contributed by atoms with Crippen LogP contribution >= 0.6 is 0 Å². The number of amides is 1. The molecule has 1 amide bonds. The van der Waals surface area contributed by atoms with Crippen LogP contribution in [0.5, 0.6) is 0 Å². The van der Waals surface area contributed by atoms with Crippen LogP contribution in [0.3, 0.4) is 0 Å². The van der Waals surface area contributed by atoms with Gasteiger partial charge in [-0.25, -0.2) is 4.79 Å². The molecule has 1 aromatic rings. The fraction of sp³-hybridized carbons (Fsp3) is 0.588. The number of rotatable bonds is 6. The first-order valence-corrected chi connectivity index (χ1v) is 7.91. The fourth-order valence-electron chi connectivity index (χ4n) is 3.18. The van der Waals surface area contributed by atoms with Gasteiger partial charge >= 0.3 is 5.97 Å². The highest BCUT2D eigenvalue weighted by Crippen LogP contribution is 2.29. The number of hydrogen-bond acceptors (Lipinski definition) is 4. The Morgan fingerprint density at radius 1 is 1.26 bits per heavy atom. The molecule has 6 nitrogen and oxygen atoms in total. The first-order chi connectivity index (χ1) is 10.8. The van der Waals surface area contributed by atoms with Gasteiger partial charge in [0.1, 0.15) is 5.69 Å². The van der Waals surface area contributed by atoms with Crippen molar-refractivity contribution >= 4 is 17.7 Å². The molecule has 0 bridgehead atoms. The molecule has 2 rings (SSSR count). The summed E-state index contributed by atoms with van der Waals surface area (Å²) < 4.78 is 6.63. The third-order valence-corrected chi connectivity index (χ3v) is 4.45. The Bertz CT molecular complexity index is 656. The van der Waals surface area contributed by atoms with E-state index < -0.39 is 5.97 Å². The quantitative estimate of drug-likeness (QED) is 0.594. The molecule has 0 spiro atoms. The molecule has 1 heterocycles. The number of carbonyl (C=O) groups is 3. The van der Waals surface area contributed by atoms with Crippen LogP contribution in [0.1, 0.15) is 58.8 Å². The third-order valence-electron chi connectivity index (χ3n) is 4.45. The topological polar surface area (TPSA) is 68.6 Å². The molecule has 0 radical (unpaired) electrons. The highest BCUT2D eigenvalue weighted by molar-refractivity contribution is 6.04. The maximum Gasteiger partial charge on any atom is 0.354 e. The molecule has 0 unspecified atom stereocenters. The largest absolute Gasteiger partial charge is 0.464 e. The van der Waals surface area contributed by atoms with E-state index >= 15 is 0 Å². The molecule has 0 atom stereocenters. The van der Waals surface area contributed by atoms with Crippen LogP contribution < -0.4 is 0 Å². The van der Waals surface area contributed by atoms with Crippen molar-refractivity contribution in [3.05, 3.63) is 22.5 Å². The standard InChI is InChI=1S/C17H24N2O4/c1-6-18-11(3)15(10(2)16(18)17(22)23-5)14(21)9-19(12(4)20)13-7-8-13/h13H,6-9H2,1-5H3. The second-order valence-electron chi connectivity index (χ2n) is 5.97. The summed E-state index contributed by atoms with van der Waals surface area (Å²) in [5, 5.41) is 0. The summed E-state index contributed by atoms with van der Waals surface area (Å²) in [6.07, 6.45) is 1.91. The molecule has 126 valence electrons. The molecular formula is C17H24N2O4. The van der Waals surface area contributed by atoms with Gasteiger partial charge in [0.05, 0.1) is 13.7 Å². The van der Waals surface area contributed by atoms with Gasteiger partial charge in [0.15, 0.2) is 5.78 Å². The van der Waals surface area contributed by atoms with Gasteiger partial charge in [-0.15, -0.1) is 0 Å². The van der Waals surface area contributed by atoms with Gasteiger partial charge in [-0.2, -0.15) is 0 Å². The van der Waals surface area contributed by atoms with Crippen molar-refractivity contribution in [2.45, 2.75) is 53.1 Å². The Morgan fingerprint density at radius 3 is 2.30 bits per heavy atom. The molecule has 23 heavy (non-hydrogen) atoms. The number of Topliss-reactive ketones (excluding diaryl/α,β-unsaturated/α-hetero) is 1. The number of carbonyl (C=O) groups excluding carboxylic acids is 3. The zero-order valence-electron chi connectivity index (χ0n) is 14.4. The second kappa shape index (κ2) is 6.56. The highest BCUT2D eigenvalue weighted by atomic mass is 16.5. The lowest BCUT2D eigenvalue weighted by Crippen LogP contribution is -2.36. The minimum absolute atomic E-state index is 0.0655. The number of nitrogens with zero attached hydrogens (tertiary/aromatic N) is 2. The molecular weight excluding hydrogens is 296 g/mol. The van der Waals surface area contributed by atoms with Crippen molar-refractivity contribution in [1.29, 1.82) is 0 Å². The second-order valence-corrected chi connectivity index (χ2v) is 5.97. The summed E-state index contributed by atoms with van der Waals surface area (Å²) in [5.41, 5.74) is 2.31. The Morgan fingerprint density at radius 2 is 1.87 bits per heavy atom. The zero-order chi connectivity index (χ0) is 17.3. The van der Waals surface area contributed by atoms with Crippen LogP contribution in [0.2, 0.25) is 0 Å². The number of methoxy groups -OCH3 is 1. The third kappa shape index (κ3) is 3.16. The fourth-order valence-corrected chi connectivity index (χ4v) is 3.18. The van der Waals surface area contributed by atoms with E-state index in [-0.39, 0.29) is 24.3 Å². The number of aromatic nitrogens is 1. The Hall–Kier alpha value is -2.11. The van der Waals surface area contributed by atoms with Crippen LogP contribution in [0.4, 0.5) is 0 Å². The number of ketones is 1. The van der Waals surface area contributed by atoms with E-state index in [0.29, 0.717) is 23.4 Å². The molecule has 1 aliphatic rings. The smallest absolute Gasteiger partial charge is 0.354 e. The van der Waals surface area contributed by atoms with Crippen LogP contribution in [-0.2, 0) is 16.1 Å². The number of ether oxygens (including phenoxy) is 1. The number of hydrogen-bond donors (Lipinski definition) is 0. The van der Waals surface area contributed by atoms with Gasteiger partial charge in [-0.05, 0) is 39.2 Å². The molecule has 1 aliphatic carbocycles. The summed E-state index contributed by atoms with van der Waals surface area (Å²) >= 11 is 0. The first-order valence-electron chi connectivity index (χ1n) is 7.91. The lowest BCUT2D eigenvalue weighted by atomic mass is 10.1. The maximum absolute atomic E-state index is 12.8. The van der Waals surface area contributed by atoms with Crippen LogP contribution in [0.25, 0.3) is 0 Å². The van der Waals surface area contributed by atoms with Crippen molar-refractivity contribution in [3.63, 3.8) is 0 Å². The van der Waals surface area contributed by atoms with Gasteiger partial charge in [0.25, 0.3) is 0 Å². The Kier molecular flexibility index (Phi) is 4.92. The van der Waals surface area contributed by atoms with Gasteiger partial charge in [-0.1, -0.05) is 0 Å². The average molecular weight is 320 g/mol. The SMILES string of the molecule is CCn1c(C)c(C(=O)CN(C(C)=O)C2CC2)c(C)c1C(=O)OC. The van der Waals surface area contributed by atoms with Crippen molar-refractivity contribution in [2.75, 3.05) is 13.7 Å². The minimum atomic E-state index is -0.447. The lowest BCUT2D eigenvalue weighted by molar-refractivity contribution is -0.128. The van der Waals surface area contributed by atoms with E-state index in [9.17, 15) is 14.4 Å². The zero-order valence-corrected chi connectivity index (χ0v) is 14.4. The summed E-state index contributed by atoms with van der Waals surface area (Å²) in [5.74, 6) is -0.657. The Balaban J connectivity index is 2.38. The summed E-state index contributed by atoms with van der Waals surface area (Å²) in [6, 6.07) is 0.186. The Labute approximate surface area is 136 Å². The molecule has 0 N–H and O–H groups in total. The summed E-state index contributed by atoms with van der Waals surface area (Å²) in [6.45, 7) is 7.63. The monoisotopic (exact) mass is 320 g/mol. The summed E-state index contributed by atoms with van der Waals surface area (Å²) in [4.78, 5) is 38.2. The summed E-state index contributed by atoms with van der Waals surface area (Å²) in [7, 11) is 1.33. The molecule has 0 saturated heterocycles. The van der Waals surface area contributed by atoms with E-state index in [1.54, 1.807) is 16.4 Å². The predicted molar refractivity (Wildman–Crippen MR) is 85.7 cm³/mol. The van der Waals surface area contributed by atoms with Gasteiger partial charge in [-0.3, -0.25) is 9.59 Å². The van der Waals surface area contributed by atoms with Gasteiger partial charge in [0, 0.05) is 30.8 Å². The van der Waals surface area contributed by atoms with E-state index in [1.807, 2.05) is 13.8 Å². The van der Waals surface area contributed by atoms with E-state index in [4.69, 9.17) is 4.74 Å². The van der Waals surface area contributed by atoms with E-state index in [0.717, 1.165) is 18.5 Å². The number of esters is 1. The minimum Gasteiger partial charge on any atom is -0.464 e. The van der Waals surface area contributed by atoms with Crippen molar-refractivity contribution in [2.24, 2.45) is 0 Å². The highest BCUT2D eigenvalue weighted by Gasteiger charge is 2.34. The van der Waals surface area contributed by atoms with Gasteiger partial charge in [0.2, 0.25) is 5.91 Å². The van der Waals surface area contributed by atoms with E-state index in [2.05, 4.69) is 0 Å². The predicted octanol–water partition coefficient (Wildman–Crippen LogP) is 2.11. The average Bonchev–Trinajstić information content (AvgIpc) is 3.29. The van der Waals surface area contributed by atoms with E-state index in [1.165, 1.54) is 14.0 Å². The lowest BCUT2D eigenvalue weighted by Gasteiger charge is -2.19. The van der Waals surface area contributed by atoms with Crippen LogP contribution in [-0.4, -0.2) is 46.8 Å². The normalized spacial score (nSPS) is 13.8. The molecule has 6 heteroatoms. The maximum atomic E-state index is 12.8. The molecule has 0 aliphatic heterocycles. The first kappa shape index (κ1) is 17.2. The molecule has 1 saturated carbocycles. The van der Waals surface area contributed by atoms with Gasteiger partial charge < -0.3 is 14.2 Å². The van der Waals surface area contributed by atoms with Crippen LogP contribution in [0.15, 0.2) is 0 Å². The van der Waals surface area contributed by atoms with Crippen LogP contribution in [0, 0.1) is 13.8 Å².